The number of ether oxygens (including phenoxy) is 1. The molecule has 1 saturated carbocycles. The minimum Gasteiger partial charge on any atom is -0.452 e. The van der Waals surface area contributed by atoms with Crippen LogP contribution in [-0.2, 0) is 9.53 Å². The maximum absolute atomic E-state index is 12.0. The predicted octanol–water partition coefficient (Wildman–Crippen LogP) is 2.31. The van der Waals surface area contributed by atoms with Gasteiger partial charge in [-0.3, -0.25) is 10.1 Å². The fourth-order valence-corrected chi connectivity index (χ4v) is 3.01. The first kappa shape index (κ1) is 19.8. The van der Waals surface area contributed by atoms with Crippen molar-refractivity contribution >= 4 is 23.6 Å². The third-order valence-corrected chi connectivity index (χ3v) is 4.63. The van der Waals surface area contributed by atoms with Crippen LogP contribution in [0.25, 0.3) is 0 Å². The van der Waals surface area contributed by atoms with Gasteiger partial charge < -0.3 is 15.0 Å². The number of esters is 1. The SMILES string of the molecule is CC1CCCCC1NC(=O)NC(=O)COC(=O)c1ccc(N(C)C)cc1. The number of imide groups is 1. The van der Waals surface area contributed by atoms with Gasteiger partial charge in [-0.15, -0.1) is 0 Å². The highest BCUT2D eigenvalue weighted by molar-refractivity contribution is 5.97. The van der Waals surface area contributed by atoms with E-state index in [4.69, 9.17) is 4.74 Å². The Kier molecular flexibility index (Phi) is 7.00. The highest BCUT2D eigenvalue weighted by Gasteiger charge is 2.23. The average molecular weight is 361 g/mol. The molecule has 1 aromatic carbocycles. The zero-order chi connectivity index (χ0) is 19.1. The van der Waals surface area contributed by atoms with E-state index in [1.54, 1.807) is 24.3 Å². The number of benzene rings is 1. The first-order valence-electron chi connectivity index (χ1n) is 8.91. The number of anilines is 1. The van der Waals surface area contributed by atoms with Crippen LogP contribution in [0.1, 0.15) is 43.0 Å². The van der Waals surface area contributed by atoms with Crippen LogP contribution in [0.15, 0.2) is 24.3 Å². The molecule has 0 radical (unpaired) electrons. The second-order valence-electron chi connectivity index (χ2n) is 6.91. The van der Waals surface area contributed by atoms with Crippen molar-refractivity contribution < 1.29 is 19.1 Å². The number of nitrogens with one attached hydrogen (secondary N) is 2. The Morgan fingerprint density at radius 3 is 2.38 bits per heavy atom. The number of nitrogens with zero attached hydrogens (tertiary/aromatic N) is 1. The molecule has 1 fully saturated rings. The van der Waals surface area contributed by atoms with E-state index in [2.05, 4.69) is 17.6 Å². The van der Waals surface area contributed by atoms with Gasteiger partial charge in [-0.05, 0) is 43.0 Å². The first-order valence-corrected chi connectivity index (χ1v) is 8.91. The number of amides is 3. The van der Waals surface area contributed by atoms with Gasteiger partial charge in [0.1, 0.15) is 0 Å². The summed E-state index contributed by atoms with van der Waals surface area (Å²) < 4.78 is 4.96. The Bertz CT molecular complexity index is 643. The highest BCUT2D eigenvalue weighted by Crippen LogP contribution is 2.23. The van der Waals surface area contributed by atoms with Crippen LogP contribution in [0.2, 0.25) is 0 Å². The lowest BCUT2D eigenvalue weighted by Crippen LogP contribution is -2.48. The predicted molar refractivity (Wildman–Crippen MR) is 99.1 cm³/mol. The molecular formula is C19H27N3O4. The van der Waals surface area contributed by atoms with Crippen LogP contribution in [0.3, 0.4) is 0 Å². The molecule has 2 N–H and O–H groups in total. The molecular weight excluding hydrogens is 334 g/mol. The molecule has 26 heavy (non-hydrogen) atoms. The summed E-state index contributed by atoms with van der Waals surface area (Å²) in [6.07, 6.45) is 4.24. The smallest absolute Gasteiger partial charge is 0.338 e. The normalized spacial score (nSPS) is 19.3. The fraction of sp³-hybridized carbons (Fsp3) is 0.526. The maximum atomic E-state index is 12.0. The number of urea groups is 1. The van der Waals surface area contributed by atoms with E-state index in [9.17, 15) is 14.4 Å². The van der Waals surface area contributed by atoms with E-state index in [1.807, 2.05) is 19.0 Å². The quantitative estimate of drug-likeness (QED) is 0.786. The third kappa shape index (κ3) is 5.75. The van der Waals surface area contributed by atoms with E-state index in [0.29, 0.717) is 11.5 Å². The molecule has 142 valence electrons. The number of hydrogen-bond acceptors (Lipinski definition) is 5. The molecule has 1 aliphatic carbocycles. The number of carbonyl (C=O) groups is 3. The maximum Gasteiger partial charge on any atom is 0.338 e. The summed E-state index contributed by atoms with van der Waals surface area (Å²) >= 11 is 0. The summed E-state index contributed by atoms with van der Waals surface area (Å²) in [5, 5.41) is 5.03. The molecule has 7 nitrogen and oxygen atoms in total. The summed E-state index contributed by atoms with van der Waals surface area (Å²) in [6.45, 7) is 1.59. The molecule has 0 saturated heterocycles. The van der Waals surface area contributed by atoms with Gasteiger partial charge in [-0.25, -0.2) is 9.59 Å². The lowest BCUT2D eigenvalue weighted by molar-refractivity contribution is -0.123. The molecule has 0 aliphatic heterocycles. The van der Waals surface area contributed by atoms with E-state index >= 15 is 0 Å². The largest absolute Gasteiger partial charge is 0.452 e. The minimum absolute atomic E-state index is 0.0781. The van der Waals surface area contributed by atoms with Crippen molar-refractivity contribution in [1.29, 1.82) is 0 Å². The van der Waals surface area contributed by atoms with Crippen LogP contribution >= 0.6 is 0 Å². The van der Waals surface area contributed by atoms with Crippen molar-refractivity contribution in [2.24, 2.45) is 5.92 Å². The van der Waals surface area contributed by atoms with Gasteiger partial charge in [0, 0.05) is 25.8 Å². The Labute approximate surface area is 154 Å². The van der Waals surface area contributed by atoms with E-state index in [1.165, 1.54) is 6.42 Å². The molecule has 2 rings (SSSR count). The topological polar surface area (TPSA) is 87.7 Å². The van der Waals surface area contributed by atoms with Crippen LogP contribution in [0.5, 0.6) is 0 Å². The molecule has 0 spiro atoms. The van der Waals surface area contributed by atoms with Crippen LogP contribution in [0.4, 0.5) is 10.5 Å². The Hall–Kier alpha value is -2.57. The number of rotatable bonds is 5. The van der Waals surface area contributed by atoms with Gasteiger partial charge in [0.2, 0.25) is 0 Å². The minimum atomic E-state index is -0.649. The first-order chi connectivity index (χ1) is 12.4. The van der Waals surface area contributed by atoms with Crippen molar-refractivity contribution in [3.63, 3.8) is 0 Å². The Morgan fingerprint density at radius 2 is 1.77 bits per heavy atom. The van der Waals surface area contributed by atoms with Gasteiger partial charge >= 0.3 is 12.0 Å². The highest BCUT2D eigenvalue weighted by atomic mass is 16.5. The summed E-state index contributed by atoms with van der Waals surface area (Å²) in [5.74, 6) is -0.858. The number of hydrogen-bond donors (Lipinski definition) is 2. The van der Waals surface area contributed by atoms with Gasteiger partial charge in [-0.2, -0.15) is 0 Å². The van der Waals surface area contributed by atoms with Crippen molar-refractivity contribution in [2.75, 3.05) is 25.6 Å². The second-order valence-corrected chi connectivity index (χ2v) is 6.91. The zero-order valence-corrected chi connectivity index (χ0v) is 15.6. The molecule has 0 aromatic heterocycles. The van der Waals surface area contributed by atoms with Crippen molar-refractivity contribution in [3.05, 3.63) is 29.8 Å². The molecule has 0 bridgehead atoms. The summed E-state index contributed by atoms with van der Waals surface area (Å²) in [6, 6.07) is 6.37. The van der Waals surface area contributed by atoms with E-state index in [-0.39, 0.29) is 6.04 Å². The van der Waals surface area contributed by atoms with Crippen molar-refractivity contribution in [1.82, 2.24) is 10.6 Å². The Morgan fingerprint density at radius 1 is 1.12 bits per heavy atom. The zero-order valence-electron chi connectivity index (χ0n) is 15.6. The molecule has 0 heterocycles. The standard InChI is InChI=1S/C19H27N3O4/c1-13-6-4-5-7-16(13)20-19(25)21-17(23)12-26-18(24)14-8-10-15(11-9-14)22(2)3/h8-11,13,16H,4-7,12H2,1-3H3,(H2,20,21,23,25). The molecule has 7 heteroatoms. The fourth-order valence-electron chi connectivity index (χ4n) is 3.01. The van der Waals surface area contributed by atoms with E-state index < -0.39 is 24.5 Å². The van der Waals surface area contributed by atoms with E-state index in [0.717, 1.165) is 24.9 Å². The summed E-state index contributed by atoms with van der Waals surface area (Å²) in [5.41, 5.74) is 1.30. The van der Waals surface area contributed by atoms with Crippen molar-refractivity contribution in [2.45, 2.75) is 38.6 Å². The Balaban J connectivity index is 1.75. The molecule has 3 amide bonds. The third-order valence-electron chi connectivity index (χ3n) is 4.63. The molecule has 2 unspecified atom stereocenters. The van der Waals surface area contributed by atoms with Gasteiger partial charge in [0.25, 0.3) is 5.91 Å². The van der Waals surface area contributed by atoms with Gasteiger partial charge in [0.05, 0.1) is 5.56 Å². The molecule has 2 atom stereocenters. The monoisotopic (exact) mass is 361 g/mol. The van der Waals surface area contributed by atoms with Crippen molar-refractivity contribution in [3.8, 4) is 0 Å². The average Bonchev–Trinajstić information content (AvgIpc) is 2.61. The molecule has 1 aromatic rings. The lowest BCUT2D eigenvalue weighted by Gasteiger charge is -2.29. The van der Waals surface area contributed by atoms with Gasteiger partial charge in [-0.1, -0.05) is 19.8 Å². The molecule has 1 aliphatic rings. The van der Waals surface area contributed by atoms with Crippen LogP contribution < -0.4 is 15.5 Å². The van der Waals surface area contributed by atoms with Crippen LogP contribution in [0, 0.1) is 5.92 Å². The second kappa shape index (κ2) is 9.22. The summed E-state index contributed by atoms with van der Waals surface area (Å²) in [7, 11) is 3.80. The number of carbonyl (C=O) groups excluding carboxylic acids is 3. The van der Waals surface area contributed by atoms with Crippen LogP contribution in [-0.4, -0.2) is 44.7 Å². The van der Waals surface area contributed by atoms with Gasteiger partial charge in [0.15, 0.2) is 6.61 Å². The summed E-state index contributed by atoms with van der Waals surface area (Å²) in [4.78, 5) is 37.6. The lowest BCUT2D eigenvalue weighted by atomic mass is 9.86.